The van der Waals surface area contributed by atoms with Crippen LogP contribution in [0.2, 0.25) is 0 Å². The van der Waals surface area contributed by atoms with Crippen LogP contribution < -0.4 is 0 Å². The minimum absolute atomic E-state index is 0.657. The Kier molecular flexibility index (Phi) is 6.02. The minimum atomic E-state index is 0.657. The summed E-state index contributed by atoms with van der Waals surface area (Å²) in [6.45, 7) is 0. The molecule has 0 N–H and O–H groups in total. The number of rotatable bonds is 3. The van der Waals surface area contributed by atoms with Gasteiger partial charge >= 0.3 is 0 Å². The molecule has 0 bridgehead atoms. The Morgan fingerprint density at radius 3 is 1.69 bits per heavy atom. The zero-order valence-corrected chi connectivity index (χ0v) is 29.1. The van der Waals surface area contributed by atoms with Gasteiger partial charge in [0, 0.05) is 38.2 Å². The van der Waals surface area contributed by atoms with Crippen LogP contribution in [0, 0.1) is 0 Å². The van der Waals surface area contributed by atoms with Crippen LogP contribution in [0.1, 0.15) is 0 Å². The molecule has 0 radical (unpaired) electrons. The van der Waals surface area contributed by atoms with Crippen molar-refractivity contribution in [3.63, 3.8) is 0 Å². The van der Waals surface area contributed by atoms with Crippen LogP contribution in [0.3, 0.4) is 0 Å². The maximum absolute atomic E-state index is 5.52. The quantitative estimate of drug-likeness (QED) is 0.185. The third-order valence-electron chi connectivity index (χ3n) is 11.2. The molecule has 12 aromatic rings. The Hall–Kier alpha value is -7.30. The maximum Gasteiger partial charge on any atom is 0.235 e. The number of aromatic nitrogens is 4. The van der Waals surface area contributed by atoms with Crippen LogP contribution in [0.25, 0.3) is 110 Å². The van der Waals surface area contributed by atoms with Gasteiger partial charge in [0.2, 0.25) is 5.95 Å². The molecule has 0 aliphatic heterocycles. The molecule has 54 heavy (non-hydrogen) atoms. The van der Waals surface area contributed by atoms with E-state index in [-0.39, 0.29) is 0 Å². The molecular formula is C50H30N4. The molecule has 250 valence electrons. The summed E-state index contributed by atoms with van der Waals surface area (Å²) in [5.41, 5.74) is 8.49. The third-order valence-corrected chi connectivity index (χ3v) is 11.2. The Labute approximate surface area is 309 Å². The van der Waals surface area contributed by atoms with Crippen molar-refractivity contribution in [1.29, 1.82) is 0 Å². The summed E-state index contributed by atoms with van der Waals surface area (Å²) < 4.78 is 4.67. The van der Waals surface area contributed by atoms with E-state index < -0.39 is 0 Å². The zero-order chi connectivity index (χ0) is 35.3. The number of fused-ring (bicyclic) bond motifs is 11. The molecule has 4 heteroatoms. The van der Waals surface area contributed by atoms with Crippen molar-refractivity contribution in [2.75, 3.05) is 0 Å². The number of hydrogen-bond donors (Lipinski definition) is 0. The summed E-state index contributed by atoms with van der Waals surface area (Å²) in [5, 5.41) is 13.2. The summed E-state index contributed by atoms with van der Waals surface area (Å²) in [6.07, 6.45) is 0. The van der Waals surface area contributed by atoms with Crippen LogP contribution in [0.4, 0.5) is 0 Å². The van der Waals surface area contributed by atoms with Crippen molar-refractivity contribution in [3.8, 4) is 22.9 Å². The molecule has 3 aromatic heterocycles. The first-order chi connectivity index (χ1) is 26.8. The first-order valence-corrected chi connectivity index (χ1v) is 18.4. The van der Waals surface area contributed by atoms with Gasteiger partial charge in [-0.05, 0) is 86.9 Å². The fourth-order valence-electron chi connectivity index (χ4n) is 8.78. The molecule has 12 rings (SSSR count). The van der Waals surface area contributed by atoms with E-state index in [9.17, 15) is 0 Å². The molecule has 0 aliphatic carbocycles. The van der Waals surface area contributed by atoms with E-state index in [0.717, 1.165) is 44.4 Å². The molecule has 0 saturated heterocycles. The maximum atomic E-state index is 5.52. The fraction of sp³-hybridized carbons (Fsp3) is 0. The molecule has 0 unspecified atom stereocenters. The van der Waals surface area contributed by atoms with Crippen LogP contribution >= 0.6 is 0 Å². The number of nitrogens with zero attached hydrogens (tertiary/aromatic N) is 4. The van der Waals surface area contributed by atoms with Gasteiger partial charge in [-0.3, -0.25) is 4.57 Å². The van der Waals surface area contributed by atoms with Gasteiger partial charge in [-0.25, -0.2) is 9.97 Å². The molecule has 0 saturated carbocycles. The van der Waals surface area contributed by atoms with Crippen molar-refractivity contribution in [1.82, 2.24) is 19.1 Å². The lowest BCUT2D eigenvalue weighted by molar-refractivity contribution is 1.01. The second-order valence-electron chi connectivity index (χ2n) is 14.2. The highest BCUT2D eigenvalue weighted by Crippen LogP contribution is 2.41. The molecule has 9 aromatic carbocycles. The first kappa shape index (κ1) is 29.3. The number of hydrogen-bond acceptors (Lipinski definition) is 2. The van der Waals surface area contributed by atoms with Gasteiger partial charge in [-0.2, -0.15) is 0 Å². The Bertz CT molecular complexity index is 3500. The van der Waals surface area contributed by atoms with E-state index in [4.69, 9.17) is 9.97 Å². The topological polar surface area (TPSA) is 35.6 Å². The largest absolute Gasteiger partial charge is 0.309 e. The Morgan fingerprint density at radius 1 is 0.333 bits per heavy atom. The third kappa shape index (κ3) is 4.19. The van der Waals surface area contributed by atoms with Gasteiger partial charge in [-0.15, -0.1) is 0 Å². The van der Waals surface area contributed by atoms with E-state index in [2.05, 4.69) is 191 Å². The van der Waals surface area contributed by atoms with E-state index in [1.807, 2.05) is 0 Å². The van der Waals surface area contributed by atoms with Gasteiger partial charge in [0.05, 0.1) is 33.3 Å². The monoisotopic (exact) mass is 686 g/mol. The summed E-state index contributed by atoms with van der Waals surface area (Å²) in [6, 6.07) is 65.5. The summed E-state index contributed by atoms with van der Waals surface area (Å²) in [5.74, 6) is 0.657. The molecule has 4 nitrogen and oxygen atoms in total. The zero-order valence-electron chi connectivity index (χ0n) is 29.1. The van der Waals surface area contributed by atoms with Crippen LogP contribution in [-0.2, 0) is 0 Å². The Morgan fingerprint density at radius 2 is 0.926 bits per heavy atom. The smallest absolute Gasteiger partial charge is 0.235 e. The van der Waals surface area contributed by atoms with Gasteiger partial charge in [0.1, 0.15) is 0 Å². The van der Waals surface area contributed by atoms with Crippen LogP contribution in [0.15, 0.2) is 182 Å². The van der Waals surface area contributed by atoms with Gasteiger partial charge in [0.25, 0.3) is 0 Å². The molecule has 0 amide bonds. The minimum Gasteiger partial charge on any atom is -0.309 e. The van der Waals surface area contributed by atoms with Gasteiger partial charge in [-0.1, -0.05) is 127 Å². The van der Waals surface area contributed by atoms with E-state index in [1.165, 1.54) is 59.4 Å². The van der Waals surface area contributed by atoms with Gasteiger partial charge in [0.15, 0.2) is 0 Å². The van der Waals surface area contributed by atoms with Crippen molar-refractivity contribution in [3.05, 3.63) is 182 Å². The van der Waals surface area contributed by atoms with Crippen molar-refractivity contribution in [2.24, 2.45) is 0 Å². The summed E-state index contributed by atoms with van der Waals surface area (Å²) in [4.78, 5) is 10.8. The SMILES string of the molecule is c1ccc(-n2c3cc(-c4nc(-n5c6cc7ccccc7cc6c6c7ccccc7ccc65)nc5ccccc45)ccc3c3cc4ccccc4cc32)cc1. The summed E-state index contributed by atoms with van der Waals surface area (Å²) in [7, 11) is 0. The number of para-hydroxylation sites is 2. The molecule has 0 aliphatic rings. The highest BCUT2D eigenvalue weighted by molar-refractivity contribution is 6.23. The lowest BCUT2D eigenvalue weighted by Crippen LogP contribution is -2.03. The van der Waals surface area contributed by atoms with Crippen molar-refractivity contribution < 1.29 is 0 Å². The molecular weight excluding hydrogens is 657 g/mol. The standard InChI is InChI=1S/C50H30N4/c1-2-17-37(18-3-1)53-45-30-36(22-24-39(45)41-26-32-13-4-6-15-34(32)28-46(41)53)49-40-20-10-11-21-43(40)51-50(52-49)54-44-25-23-31-12-8-9-19-38(31)48(44)42-27-33-14-5-7-16-35(33)29-47(42)54/h1-30H. The van der Waals surface area contributed by atoms with Crippen molar-refractivity contribution >= 4 is 86.8 Å². The summed E-state index contributed by atoms with van der Waals surface area (Å²) >= 11 is 0. The second-order valence-corrected chi connectivity index (χ2v) is 14.2. The molecule has 0 spiro atoms. The molecule has 0 fully saturated rings. The molecule has 0 atom stereocenters. The number of benzene rings is 9. The average molecular weight is 687 g/mol. The predicted molar refractivity (Wildman–Crippen MR) is 226 cm³/mol. The van der Waals surface area contributed by atoms with Crippen molar-refractivity contribution in [2.45, 2.75) is 0 Å². The second kappa shape index (κ2) is 11.1. The van der Waals surface area contributed by atoms with Crippen LogP contribution in [0.5, 0.6) is 0 Å². The predicted octanol–water partition coefficient (Wildman–Crippen LogP) is 13.0. The highest BCUT2D eigenvalue weighted by atomic mass is 15.2. The highest BCUT2D eigenvalue weighted by Gasteiger charge is 2.21. The fourth-order valence-corrected chi connectivity index (χ4v) is 8.78. The lowest BCUT2D eigenvalue weighted by atomic mass is 10.0. The van der Waals surface area contributed by atoms with E-state index >= 15 is 0 Å². The Balaban J connectivity index is 1.17. The lowest BCUT2D eigenvalue weighted by Gasteiger charge is -2.13. The average Bonchev–Trinajstić information content (AvgIpc) is 3.73. The van der Waals surface area contributed by atoms with E-state index in [1.54, 1.807) is 0 Å². The van der Waals surface area contributed by atoms with Gasteiger partial charge < -0.3 is 4.57 Å². The van der Waals surface area contributed by atoms with Crippen LogP contribution in [-0.4, -0.2) is 19.1 Å². The first-order valence-electron chi connectivity index (χ1n) is 18.4. The normalized spacial score (nSPS) is 12.1. The van der Waals surface area contributed by atoms with E-state index in [0.29, 0.717) is 5.95 Å². The molecule has 3 heterocycles.